The van der Waals surface area contributed by atoms with E-state index in [9.17, 15) is 22.8 Å². The van der Waals surface area contributed by atoms with Gasteiger partial charge in [0.1, 0.15) is 0 Å². The lowest BCUT2D eigenvalue weighted by Gasteiger charge is -2.40. The number of rotatable bonds is 3. The van der Waals surface area contributed by atoms with Crippen molar-refractivity contribution in [2.24, 2.45) is 0 Å². The molecular formula is C20H21F3N4O5. The van der Waals surface area contributed by atoms with Gasteiger partial charge in [-0.15, -0.1) is 0 Å². The van der Waals surface area contributed by atoms with Gasteiger partial charge >= 0.3 is 18.2 Å². The average Bonchev–Trinajstić information content (AvgIpc) is 3.38. The molecular weight excluding hydrogens is 433 g/mol. The van der Waals surface area contributed by atoms with E-state index in [-0.39, 0.29) is 24.0 Å². The number of aromatic nitrogens is 1. The van der Waals surface area contributed by atoms with Gasteiger partial charge in [-0.1, -0.05) is 6.07 Å². The molecule has 2 N–H and O–H groups in total. The predicted molar refractivity (Wildman–Crippen MR) is 103 cm³/mol. The number of pyridine rings is 1. The molecule has 3 amide bonds. The summed E-state index contributed by atoms with van der Waals surface area (Å²) < 4.78 is 37.0. The van der Waals surface area contributed by atoms with Gasteiger partial charge < -0.3 is 24.6 Å². The summed E-state index contributed by atoms with van der Waals surface area (Å²) in [6.45, 7) is 1.57. The fourth-order valence-electron chi connectivity index (χ4n) is 3.72. The maximum Gasteiger partial charge on any atom is 0.490 e. The van der Waals surface area contributed by atoms with Gasteiger partial charge in [0.25, 0.3) is 5.91 Å². The van der Waals surface area contributed by atoms with E-state index in [4.69, 9.17) is 14.3 Å². The Morgan fingerprint density at radius 1 is 1.16 bits per heavy atom. The Balaban J connectivity index is 0.000000360. The van der Waals surface area contributed by atoms with Crippen molar-refractivity contribution in [1.29, 1.82) is 0 Å². The number of carbonyl (C=O) groups excluding carboxylic acids is 2. The summed E-state index contributed by atoms with van der Waals surface area (Å²) in [4.78, 5) is 41.7. The minimum Gasteiger partial charge on any atom is -0.475 e. The summed E-state index contributed by atoms with van der Waals surface area (Å²) in [6, 6.07) is 7.20. The first-order valence-electron chi connectivity index (χ1n) is 9.74. The van der Waals surface area contributed by atoms with Crippen LogP contribution in [0.4, 0.5) is 18.0 Å². The van der Waals surface area contributed by atoms with Gasteiger partial charge in [-0.2, -0.15) is 13.2 Å². The van der Waals surface area contributed by atoms with Crippen molar-refractivity contribution in [3.05, 3.63) is 54.2 Å². The lowest BCUT2D eigenvalue weighted by atomic mass is 10.1. The van der Waals surface area contributed by atoms with E-state index in [1.807, 2.05) is 21.9 Å². The largest absolute Gasteiger partial charge is 0.490 e. The lowest BCUT2D eigenvalue weighted by molar-refractivity contribution is -0.192. The number of amides is 3. The molecule has 0 saturated carbocycles. The van der Waals surface area contributed by atoms with Crippen molar-refractivity contribution in [2.75, 3.05) is 13.1 Å². The fraction of sp³-hybridized carbons (Fsp3) is 0.400. The Kier molecular flexibility index (Phi) is 7.01. The van der Waals surface area contributed by atoms with Crippen LogP contribution in [0.5, 0.6) is 0 Å². The van der Waals surface area contributed by atoms with E-state index < -0.39 is 12.1 Å². The number of furan rings is 1. The van der Waals surface area contributed by atoms with E-state index in [2.05, 4.69) is 10.3 Å². The normalized spacial score (nSPS) is 19.7. The molecule has 2 aromatic rings. The van der Waals surface area contributed by atoms with Crippen LogP contribution in [-0.4, -0.2) is 69.1 Å². The molecule has 0 aromatic carbocycles. The Bertz CT molecular complexity index is 922. The first kappa shape index (κ1) is 23.1. The van der Waals surface area contributed by atoms with Crippen LogP contribution < -0.4 is 5.32 Å². The number of likely N-dealkylation sites (tertiary alicyclic amines) is 1. The first-order chi connectivity index (χ1) is 15.2. The SMILES string of the molecule is O=C(NCc1cccnc1)N1CC2CCC(C1)N2C(=O)c1ccco1.O=C(O)C(F)(F)F. The predicted octanol–water partition coefficient (Wildman–Crippen LogP) is 2.51. The first-order valence-corrected chi connectivity index (χ1v) is 9.74. The zero-order valence-corrected chi connectivity index (χ0v) is 16.8. The molecule has 2 saturated heterocycles. The number of piperazine rings is 1. The maximum absolute atomic E-state index is 12.6. The second-order valence-corrected chi connectivity index (χ2v) is 7.30. The molecule has 0 aliphatic carbocycles. The number of alkyl halides is 3. The number of hydrogen-bond donors (Lipinski definition) is 2. The van der Waals surface area contributed by atoms with Crippen LogP contribution in [-0.2, 0) is 11.3 Å². The number of carbonyl (C=O) groups is 3. The van der Waals surface area contributed by atoms with Gasteiger partial charge in [-0.25, -0.2) is 9.59 Å². The number of fused-ring (bicyclic) bond motifs is 2. The molecule has 172 valence electrons. The number of carboxylic acid groups (broad SMARTS) is 1. The molecule has 2 aliphatic rings. The van der Waals surface area contributed by atoms with Crippen LogP contribution in [0.2, 0.25) is 0 Å². The number of carboxylic acids is 1. The van der Waals surface area contributed by atoms with Crippen LogP contribution in [0, 0.1) is 0 Å². The smallest absolute Gasteiger partial charge is 0.475 e. The molecule has 2 aromatic heterocycles. The molecule has 4 rings (SSSR count). The standard InChI is InChI=1S/C18H20N4O3.C2HF3O2/c23-17(16-4-2-8-25-16)22-14-5-6-15(22)12-21(11-14)18(24)20-10-13-3-1-7-19-9-13;3-2(4,5)1(6)7/h1-4,7-9,14-15H,5-6,10-12H2,(H,20,24);(H,6,7). The van der Waals surface area contributed by atoms with Gasteiger partial charge in [-0.05, 0) is 36.6 Å². The van der Waals surface area contributed by atoms with Crippen molar-refractivity contribution in [3.8, 4) is 0 Å². The van der Waals surface area contributed by atoms with Crippen LogP contribution in [0.25, 0.3) is 0 Å². The molecule has 9 nitrogen and oxygen atoms in total. The van der Waals surface area contributed by atoms with Crippen molar-refractivity contribution in [1.82, 2.24) is 20.1 Å². The molecule has 4 heterocycles. The molecule has 2 bridgehead atoms. The minimum atomic E-state index is -5.08. The summed E-state index contributed by atoms with van der Waals surface area (Å²) >= 11 is 0. The zero-order chi connectivity index (χ0) is 23.3. The molecule has 0 spiro atoms. The maximum atomic E-state index is 12.6. The molecule has 2 aliphatic heterocycles. The number of halogens is 3. The summed E-state index contributed by atoms with van der Waals surface area (Å²) in [5.41, 5.74) is 0.963. The van der Waals surface area contributed by atoms with Crippen molar-refractivity contribution < 1.29 is 37.1 Å². The molecule has 32 heavy (non-hydrogen) atoms. The van der Waals surface area contributed by atoms with Crippen LogP contribution >= 0.6 is 0 Å². The van der Waals surface area contributed by atoms with Crippen LogP contribution in [0.15, 0.2) is 47.3 Å². The number of urea groups is 1. The second kappa shape index (κ2) is 9.71. The van der Waals surface area contributed by atoms with E-state index in [1.54, 1.807) is 24.5 Å². The molecule has 2 fully saturated rings. The summed E-state index contributed by atoms with van der Waals surface area (Å²) in [7, 11) is 0. The lowest BCUT2D eigenvalue weighted by Crippen LogP contribution is -2.58. The van der Waals surface area contributed by atoms with E-state index in [1.165, 1.54) is 6.26 Å². The highest BCUT2D eigenvalue weighted by Crippen LogP contribution is 2.31. The van der Waals surface area contributed by atoms with E-state index in [0.29, 0.717) is 25.4 Å². The highest BCUT2D eigenvalue weighted by atomic mass is 19.4. The summed E-state index contributed by atoms with van der Waals surface area (Å²) in [5.74, 6) is -2.47. The summed E-state index contributed by atoms with van der Waals surface area (Å²) in [5, 5.41) is 10.1. The highest BCUT2D eigenvalue weighted by Gasteiger charge is 2.44. The van der Waals surface area contributed by atoms with Crippen LogP contribution in [0.3, 0.4) is 0 Å². The van der Waals surface area contributed by atoms with Crippen molar-refractivity contribution >= 4 is 17.9 Å². The Morgan fingerprint density at radius 3 is 2.31 bits per heavy atom. The third-order valence-electron chi connectivity index (χ3n) is 5.14. The van der Waals surface area contributed by atoms with Crippen molar-refractivity contribution in [3.63, 3.8) is 0 Å². The molecule has 2 atom stereocenters. The highest BCUT2D eigenvalue weighted by molar-refractivity contribution is 5.92. The molecule has 0 radical (unpaired) electrons. The Hall–Kier alpha value is -3.57. The topological polar surface area (TPSA) is 116 Å². The quantitative estimate of drug-likeness (QED) is 0.736. The zero-order valence-electron chi connectivity index (χ0n) is 16.8. The third-order valence-corrected chi connectivity index (χ3v) is 5.14. The molecule has 2 unspecified atom stereocenters. The Morgan fingerprint density at radius 2 is 1.81 bits per heavy atom. The van der Waals surface area contributed by atoms with Gasteiger partial charge in [0.2, 0.25) is 0 Å². The van der Waals surface area contributed by atoms with Gasteiger partial charge in [0, 0.05) is 32.0 Å². The third kappa shape index (κ3) is 5.56. The molecule has 12 heteroatoms. The van der Waals surface area contributed by atoms with Crippen molar-refractivity contribution in [2.45, 2.75) is 37.6 Å². The van der Waals surface area contributed by atoms with E-state index >= 15 is 0 Å². The Labute approximate surface area is 180 Å². The second-order valence-electron chi connectivity index (χ2n) is 7.30. The summed E-state index contributed by atoms with van der Waals surface area (Å²) in [6.07, 6.45) is 1.71. The van der Waals surface area contributed by atoms with Crippen LogP contribution in [0.1, 0.15) is 29.0 Å². The number of aliphatic carboxylic acids is 1. The van der Waals surface area contributed by atoms with Gasteiger partial charge in [0.05, 0.1) is 18.3 Å². The van der Waals surface area contributed by atoms with Gasteiger partial charge in [-0.3, -0.25) is 9.78 Å². The minimum absolute atomic E-state index is 0.0560. The number of nitrogens with one attached hydrogen (secondary N) is 1. The monoisotopic (exact) mass is 454 g/mol. The van der Waals surface area contributed by atoms with E-state index in [0.717, 1.165) is 18.4 Å². The van der Waals surface area contributed by atoms with Gasteiger partial charge in [0.15, 0.2) is 5.76 Å². The number of hydrogen-bond acceptors (Lipinski definition) is 5. The fourth-order valence-corrected chi connectivity index (χ4v) is 3.72. The average molecular weight is 454 g/mol. The number of nitrogens with zero attached hydrogens (tertiary/aromatic N) is 3.